The van der Waals surface area contributed by atoms with Crippen molar-refractivity contribution in [2.24, 2.45) is 5.92 Å². The molecule has 2 unspecified atom stereocenters. The van der Waals surface area contributed by atoms with Crippen molar-refractivity contribution in [3.8, 4) is 0 Å². The summed E-state index contributed by atoms with van der Waals surface area (Å²) >= 11 is 14.3. The molecular formula is C22H27Cl2NS. The molecule has 0 bridgehead atoms. The van der Waals surface area contributed by atoms with Crippen LogP contribution in [0.15, 0.2) is 29.6 Å². The van der Waals surface area contributed by atoms with Crippen molar-refractivity contribution in [1.29, 1.82) is 0 Å². The summed E-state index contributed by atoms with van der Waals surface area (Å²) in [6.45, 7) is 1.15. The minimum atomic E-state index is 0.455. The molecule has 0 amide bonds. The van der Waals surface area contributed by atoms with Crippen molar-refractivity contribution in [3.05, 3.63) is 55.7 Å². The summed E-state index contributed by atoms with van der Waals surface area (Å²) in [6, 6.07) is 8.95. The van der Waals surface area contributed by atoms with Gasteiger partial charge < -0.3 is 5.32 Å². The highest BCUT2D eigenvalue weighted by Gasteiger charge is 2.29. The summed E-state index contributed by atoms with van der Waals surface area (Å²) < 4.78 is 0. The lowest BCUT2D eigenvalue weighted by molar-refractivity contribution is 0.323. The summed E-state index contributed by atoms with van der Waals surface area (Å²) in [5.41, 5.74) is 2.80. The largest absolute Gasteiger partial charge is 0.310 e. The van der Waals surface area contributed by atoms with Gasteiger partial charge in [0, 0.05) is 16.8 Å². The maximum atomic E-state index is 6.26. The fourth-order valence-electron chi connectivity index (χ4n) is 4.72. The fraction of sp³-hybridized carbons (Fsp3) is 0.545. The van der Waals surface area contributed by atoms with Crippen LogP contribution in [0.5, 0.6) is 0 Å². The number of thiophene rings is 1. The Hall–Kier alpha value is -0.540. The van der Waals surface area contributed by atoms with Crippen LogP contribution in [0.3, 0.4) is 0 Å². The predicted molar refractivity (Wildman–Crippen MR) is 114 cm³/mol. The number of fused-ring (bicyclic) bond motifs is 1. The molecular weight excluding hydrogens is 381 g/mol. The van der Waals surface area contributed by atoms with Gasteiger partial charge in [0.25, 0.3) is 0 Å². The van der Waals surface area contributed by atoms with Gasteiger partial charge in [-0.05, 0) is 66.4 Å². The topological polar surface area (TPSA) is 12.0 Å². The van der Waals surface area contributed by atoms with Crippen molar-refractivity contribution in [2.45, 2.75) is 63.3 Å². The second-order valence-corrected chi connectivity index (χ2v) is 9.61. The smallest absolute Gasteiger partial charge is 0.0595 e. The molecule has 0 aliphatic heterocycles. The summed E-state index contributed by atoms with van der Waals surface area (Å²) in [4.78, 5) is 1.50. The zero-order chi connectivity index (χ0) is 17.9. The van der Waals surface area contributed by atoms with Gasteiger partial charge in [-0.2, -0.15) is 0 Å². The van der Waals surface area contributed by atoms with Crippen molar-refractivity contribution in [2.75, 3.05) is 6.54 Å². The lowest BCUT2D eigenvalue weighted by Gasteiger charge is -2.31. The van der Waals surface area contributed by atoms with Crippen LogP contribution in [0.4, 0.5) is 0 Å². The highest BCUT2D eigenvalue weighted by molar-refractivity contribution is 7.10. The van der Waals surface area contributed by atoms with E-state index in [1.807, 2.05) is 17.4 Å². The molecule has 2 aliphatic rings. The number of hydrogen-bond acceptors (Lipinski definition) is 2. The van der Waals surface area contributed by atoms with E-state index in [4.69, 9.17) is 23.2 Å². The molecule has 26 heavy (non-hydrogen) atoms. The molecule has 1 heterocycles. The molecule has 1 saturated carbocycles. The number of benzene rings is 1. The van der Waals surface area contributed by atoms with Gasteiger partial charge in [-0.1, -0.05) is 61.4 Å². The summed E-state index contributed by atoms with van der Waals surface area (Å²) in [5.74, 6) is 1.40. The van der Waals surface area contributed by atoms with Gasteiger partial charge in [0.1, 0.15) is 0 Å². The molecule has 1 aromatic carbocycles. The molecule has 4 heteroatoms. The van der Waals surface area contributed by atoms with E-state index in [9.17, 15) is 0 Å². The van der Waals surface area contributed by atoms with E-state index in [1.165, 1.54) is 67.4 Å². The molecule has 2 atom stereocenters. The average molecular weight is 408 g/mol. The zero-order valence-corrected chi connectivity index (χ0v) is 17.5. The van der Waals surface area contributed by atoms with Gasteiger partial charge >= 0.3 is 0 Å². The standard InChI is InChI=1S/C22H27Cl2NS/c23-19-8-6-16(14-20(19)24)17-7-9-21(18-11-13-26-22(17)18)25-12-10-15-4-2-1-3-5-15/h6,8,11,13-15,17,21,25H,1-5,7,9-10,12H2. The number of hydrogen-bond donors (Lipinski definition) is 1. The maximum absolute atomic E-state index is 6.26. The Morgan fingerprint density at radius 2 is 1.81 bits per heavy atom. The maximum Gasteiger partial charge on any atom is 0.0595 e. The van der Waals surface area contributed by atoms with E-state index in [2.05, 4.69) is 28.9 Å². The number of halogens is 2. The van der Waals surface area contributed by atoms with E-state index in [-0.39, 0.29) is 0 Å². The number of nitrogens with one attached hydrogen (secondary N) is 1. The van der Waals surface area contributed by atoms with Gasteiger partial charge in [0.15, 0.2) is 0 Å². The predicted octanol–water partition coefficient (Wildman–Crippen LogP) is 7.58. The van der Waals surface area contributed by atoms with Crippen LogP contribution in [0.25, 0.3) is 0 Å². The Balaban J connectivity index is 1.42. The Labute approximate surface area is 171 Å². The van der Waals surface area contributed by atoms with Crippen LogP contribution in [0.2, 0.25) is 10.0 Å². The summed E-state index contributed by atoms with van der Waals surface area (Å²) in [7, 11) is 0. The van der Waals surface area contributed by atoms with Crippen molar-refractivity contribution in [3.63, 3.8) is 0 Å². The monoisotopic (exact) mass is 407 g/mol. The third-order valence-corrected chi connectivity index (χ3v) is 7.96. The summed E-state index contributed by atoms with van der Waals surface area (Å²) in [6.07, 6.45) is 10.9. The van der Waals surface area contributed by atoms with Gasteiger partial charge in [-0.3, -0.25) is 0 Å². The molecule has 0 spiro atoms. The molecule has 1 nitrogen and oxygen atoms in total. The van der Waals surface area contributed by atoms with E-state index < -0.39 is 0 Å². The molecule has 0 saturated heterocycles. The van der Waals surface area contributed by atoms with Crippen LogP contribution in [-0.4, -0.2) is 6.54 Å². The quantitative estimate of drug-likeness (QED) is 0.538. The average Bonchev–Trinajstić information content (AvgIpc) is 3.15. The summed E-state index contributed by atoms with van der Waals surface area (Å²) in [5, 5.41) is 7.41. The molecule has 0 radical (unpaired) electrons. The SMILES string of the molecule is Clc1ccc(C2CCC(NCCC3CCCCC3)c3ccsc32)cc1Cl. The van der Waals surface area contributed by atoms with Gasteiger partial charge in [0.2, 0.25) is 0 Å². The minimum Gasteiger partial charge on any atom is -0.310 e. The minimum absolute atomic E-state index is 0.455. The lowest BCUT2D eigenvalue weighted by atomic mass is 9.81. The van der Waals surface area contributed by atoms with Crippen molar-refractivity contribution in [1.82, 2.24) is 5.32 Å². The molecule has 140 valence electrons. The van der Waals surface area contributed by atoms with E-state index >= 15 is 0 Å². The Morgan fingerprint density at radius 1 is 0.962 bits per heavy atom. The van der Waals surface area contributed by atoms with Crippen LogP contribution in [0.1, 0.15) is 79.3 Å². The first kappa shape index (κ1) is 18.8. The molecule has 4 rings (SSSR count). The second-order valence-electron chi connectivity index (χ2n) is 7.84. The molecule has 1 aromatic heterocycles. The van der Waals surface area contributed by atoms with E-state index in [0.717, 1.165) is 12.5 Å². The first-order valence-electron chi connectivity index (χ1n) is 9.98. The molecule has 2 aliphatic carbocycles. The Bertz CT molecular complexity index is 735. The van der Waals surface area contributed by atoms with Crippen LogP contribution < -0.4 is 5.32 Å². The van der Waals surface area contributed by atoms with Crippen LogP contribution >= 0.6 is 34.5 Å². The van der Waals surface area contributed by atoms with Gasteiger partial charge in [-0.15, -0.1) is 11.3 Å². The molecule has 1 fully saturated rings. The zero-order valence-electron chi connectivity index (χ0n) is 15.1. The first-order valence-corrected chi connectivity index (χ1v) is 11.6. The third-order valence-electron chi connectivity index (χ3n) is 6.18. The normalized spacial score (nSPS) is 23.8. The van der Waals surface area contributed by atoms with Crippen molar-refractivity contribution < 1.29 is 0 Å². The Kier molecular flexibility index (Phi) is 6.25. The molecule has 2 aromatic rings. The van der Waals surface area contributed by atoms with Gasteiger partial charge in [-0.25, -0.2) is 0 Å². The highest BCUT2D eigenvalue weighted by atomic mass is 35.5. The third kappa shape index (κ3) is 4.14. The molecule has 1 N–H and O–H groups in total. The number of rotatable bonds is 5. The van der Waals surface area contributed by atoms with Crippen LogP contribution in [-0.2, 0) is 0 Å². The highest BCUT2D eigenvalue weighted by Crippen LogP contribution is 2.45. The second kappa shape index (κ2) is 8.65. The van der Waals surface area contributed by atoms with E-state index in [0.29, 0.717) is 22.0 Å². The lowest BCUT2D eigenvalue weighted by Crippen LogP contribution is -2.28. The van der Waals surface area contributed by atoms with Gasteiger partial charge in [0.05, 0.1) is 10.0 Å². The van der Waals surface area contributed by atoms with Crippen molar-refractivity contribution >= 4 is 34.5 Å². The fourth-order valence-corrected chi connectivity index (χ4v) is 6.15. The first-order chi connectivity index (χ1) is 12.7. The van der Waals surface area contributed by atoms with Crippen LogP contribution in [0, 0.1) is 5.92 Å². The van der Waals surface area contributed by atoms with E-state index in [1.54, 1.807) is 0 Å². The Morgan fingerprint density at radius 3 is 2.62 bits per heavy atom.